The molecule has 2 N–H and O–H groups in total. The maximum absolute atomic E-state index is 9.19. The molecule has 4 nitrogen and oxygen atoms in total. The largest absolute Gasteiger partial charge is 0.499 e. The van der Waals surface area contributed by atoms with Crippen molar-refractivity contribution < 1.29 is 9.47 Å². The molecule has 1 rings (SSSR count). The molecule has 0 aliphatic heterocycles. The molecular weight excluding hydrogens is 364 g/mol. The molecule has 26 heavy (non-hydrogen) atoms. The molecule has 140 valence electrons. The molecule has 0 aliphatic rings. The highest BCUT2D eigenvalue weighted by molar-refractivity contribution is 8.05. The quantitative estimate of drug-likeness (QED) is 0.180. The minimum Gasteiger partial charge on any atom is -0.499 e. The lowest BCUT2D eigenvalue weighted by molar-refractivity contribution is 0.123. The van der Waals surface area contributed by atoms with Gasteiger partial charge in [-0.2, -0.15) is 5.26 Å². The zero-order valence-electron chi connectivity index (χ0n) is 15.5. The summed E-state index contributed by atoms with van der Waals surface area (Å²) in [4.78, 5) is 1.04. The number of nitrogens with zero attached hydrogens (tertiary/aromatic N) is 1. The van der Waals surface area contributed by atoms with Crippen molar-refractivity contribution in [1.29, 1.82) is 5.26 Å². The van der Waals surface area contributed by atoms with E-state index in [0.29, 0.717) is 24.5 Å². The lowest BCUT2D eigenvalue weighted by Gasteiger charge is -2.11. The van der Waals surface area contributed by atoms with Gasteiger partial charge in [0.1, 0.15) is 6.61 Å². The first-order valence-electron chi connectivity index (χ1n) is 8.39. The third kappa shape index (κ3) is 8.43. The second kappa shape index (κ2) is 13.3. The average molecular weight is 391 g/mol. The standard InChI is InChI=1S/C20H26N2O2S2/c1-4-5-7-19(26-20-8-6-13-25-20)17(14-16(2)15-21)18(22)9-10-24-12-11-23-3/h6-10,13-14H,4-5,11-12,22H2,1-3H3/b10-9+,16-14+,18-17-,19-7+. The van der Waals surface area contributed by atoms with E-state index in [1.807, 2.05) is 17.5 Å². The molecule has 0 saturated carbocycles. The Morgan fingerprint density at radius 1 is 1.42 bits per heavy atom. The Balaban J connectivity index is 3.17. The number of hydrogen-bond donors (Lipinski definition) is 1. The zero-order valence-corrected chi connectivity index (χ0v) is 17.2. The molecule has 0 amide bonds. The van der Waals surface area contributed by atoms with E-state index in [-0.39, 0.29) is 0 Å². The molecule has 0 aromatic carbocycles. The van der Waals surface area contributed by atoms with E-state index in [0.717, 1.165) is 23.3 Å². The number of methoxy groups -OCH3 is 1. The summed E-state index contributed by atoms with van der Waals surface area (Å²) < 4.78 is 11.5. The molecule has 0 fully saturated rings. The SMILES string of the molecule is CCC/C=C(/Sc1cccs1)C(/C=C(\C)C#N)=C(N)/C=C/OCCOC. The second-order valence-corrected chi connectivity index (χ2v) is 7.66. The monoisotopic (exact) mass is 390 g/mol. The number of allylic oxidation sites excluding steroid dienone is 5. The Labute approximate surface area is 164 Å². The van der Waals surface area contributed by atoms with Crippen molar-refractivity contribution in [3.05, 3.63) is 63.8 Å². The molecule has 0 aliphatic carbocycles. The fourth-order valence-corrected chi connectivity index (χ4v) is 3.80. The van der Waals surface area contributed by atoms with E-state index in [2.05, 4.69) is 25.1 Å². The average Bonchev–Trinajstić information content (AvgIpc) is 3.15. The van der Waals surface area contributed by atoms with Gasteiger partial charge in [0.15, 0.2) is 0 Å². The molecule has 0 atom stereocenters. The van der Waals surface area contributed by atoms with Gasteiger partial charge in [0.05, 0.1) is 23.1 Å². The summed E-state index contributed by atoms with van der Waals surface area (Å²) in [5.41, 5.74) is 8.31. The van der Waals surface area contributed by atoms with Crippen LogP contribution in [0.5, 0.6) is 0 Å². The van der Waals surface area contributed by atoms with Crippen LogP contribution in [0, 0.1) is 11.3 Å². The van der Waals surface area contributed by atoms with Gasteiger partial charge in [-0.05, 0) is 36.9 Å². The Morgan fingerprint density at radius 2 is 2.23 bits per heavy atom. The Bertz CT molecular complexity index is 696. The lowest BCUT2D eigenvalue weighted by Crippen LogP contribution is -2.02. The van der Waals surface area contributed by atoms with Crippen LogP contribution < -0.4 is 5.73 Å². The van der Waals surface area contributed by atoms with E-state index in [1.54, 1.807) is 49.5 Å². The number of unbranched alkanes of at least 4 members (excludes halogenated alkanes) is 1. The number of hydrogen-bond acceptors (Lipinski definition) is 6. The number of rotatable bonds is 11. The van der Waals surface area contributed by atoms with Gasteiger partial charge >= 0.3 is 0 Å². The zero-order chi connectivity index (χ0) is 19.2. The number of nitrogens with two attached hydrogens (primary N) is 1. The smallest absolute Gasteiger partial charge is 0.111 e. The van der Waals surface area contributed by atoms with E-state index >= 15 is 0 Å². The molecule has 6 heteroatoms. The minimum absolute atomic E-state index is 0.463. The minimum atomic E-state index is 0.463. The van der Waals surface area contributed by atoms with Gasteiger partial charge in [-0.15, -0.1) is 11.3 Å². The van der Waals surface area contributed by atoms with Gasteiger partial charge in [0.2, 0.25) is 0 Å². The van der Waals surface area contributed by atoms with Crippen LogP contribution in [0.15, 0.2) is 68.0 Å². The fraction of sp³-hybridized carbons (Fsp3) is 0.350. The Morgan fingerprint density at radius 3 is 2.85 bits per heavy atom. The molecule has 0 spiro atoms. The first-order valence-corrected chi connectivity index (χ1v) is 10.1. The summed E-state index contributed by atoms with van der Waals surface area (Å²) in [6.45, 7) is 4.89. The Kier molecular flexibility index (Phi) is 11.3. The van der Waals surface area contributed by atoms with Crippen molar-refractivity contribution in [2.24, 2.45) is 5.73 Å². The van der Waals surface area contributed by atoms with Gasteiger partial charge in [-0.25, -0.2) is 0 Å². The van der Waals surface area contributed by atoms with Crippen LogP contribution in [0.2, 0.25) is 0 Å². The molecular formula is C20H26N2O2S2. The van der Waals surface area contributed by atoms with E-state index in [4.69, 9.17) is 15.2 Å². The van der Waals surface area contributed by atoms with Gasteiger partial charge < -0.3 is 15.2 Å². The highest BCUT2D eigenvalue weighted by atomic mass is 32.2. The van der Waals surface area contributed by atoms with Crippen LogP contribution in [0.3, 0.4) is 0 Å². The third-order valence-corrected chi connectivity index (χ3v) is 5.33. The van der Waals surface area contributed by atoms with Gasteiger partial charge in [0, 0.05) is 28.9 Å². The molecule has 0 saturated heterocycles. The van der Waals surface area contributed by atoms with Crippen molar-refractivity contribution in [3.8, 4) is 6.07 Å². The molecule has 1 aromatic rings. The molecule has 1 heterocycles. The number of thiophene rings is 1. The van der Waals surface area contributed by atoms with Crippen LogP contribution in [-0.4, -0.2) is 20.3 Å². The molecule has 0 bridgehead atoms. The first-order chi connectivity index (χ1) is 12.6. The maximum atomic E-state index is 9.19. The molecule has 1 aromatic heterocycles. The summed E-state index contributed by atoms with van der Waals surface area (Å²) in [6, 6.07) is 6.27. The van der Waals surface area contributed by atoms with E-state index < -0.39 is 0 Å². The second-order valence-electron chi connectivity index (χ2n) is 5.37. The summed E-state index contributed by atoms with van der Waals surface area (Å²) in [7, 11) is 1.63. The van der Waals surface area contributed by atoms with Crippen LogP contribution in [0.1, 0.15) is 26.7 Å². The van der Waals surface area contributed by atoms with Crippen molar-refractivity contribution in [2.75, 3.05) is 20.3 Å². The summed E-state index contributed by atoms with van der Waals surface area (Å²) >= 11 is 3.35. The van der Waals surface area contributed by atoms with Crippen molar-refractivity contribution in [2.45, 2.75) is 30.9 Å². The van der Waals surface area contributed by atoms with Crippen LogP contribution in [-0.2, 0) is 9.47 Å². The van der Waals surface area contributed by atoms with E-state index in [9.17, 15) is 5.26 Å². The molecule has 0 radical (unpaired) electrons. The normalized spacial score (nSPS) is 13.6. The summed E-state index contributed by atoms with van der Waals surface area (Å²) in [5.74, 6) is 0. The molecule has 0 unspecified atom stereocenters. The predicted octanol–water partition coefficient (Wildman–Crippen LogP) is 5.38. The van der Waals surface area contributed by atoms with Gasteiger partial charge in [-0.1, -0.05) is 37.2 Å². The highest BCUT2D eigenvalue weighted by Crippen LogP contribution is 2.36. The van der Waals surface area contributed by atoms with Crippen LogP contribution in [0.25, 0.3) is 0 Å². The predicted molar refractivity (Wildman–Crippen MR) is 111 cm³/mol. The number of thioether (sulfide) groups is 1. The highest BCUT2D eigenvalue weighted by Gasteiger charge is 2.10. The lowest BCUT2D eigenvalue weighted by atomic mass is 10.1. The first kappa shape index (κ1) is 22.1. The van der Waals surface area contributed by atoms with Crippen molar-refractivity contribution >= 4 is 23.1 Å². The third-order valence-electron chi connectivity index (χ3n) is 3.19. The van der Waals surface area contributed by atoms with Gasteiger partial charge in [0.25, 0.3) is 0 Å². The van der Waals surface area contributed by atoms with Crippen LogP contribution in [0.4, 0.5) is 0 Å². The summed E-state index contributed by atoms with van der Waals surface area (Å²) in [5, 5.41) is 11.2. The number of nitriles is 1. The van der Waals surface area contributed by atoms with Crippen LogP contribution >= 0.6 is 23.1 Å². The van der Waals surface area contributed by atoms with Crippen molar-refractivity contribution in [3.63, 3.8) is 0 Å². The topological polar surface area (TPSA) is 68.3 Å². The van der Waals surface area contributed by atoms with Crippen molar-refractivity contribution in [1.82, 2.24) is 0 Å². The van der Waals surface area contributed by atoms with Gasteiger partial charge in [-0.3, -0.25) is 0 Å². The van der Waals surface area contributed by atoms with E-state index in [1.165, 1.54) is 4.21 Å². The maximum Gasteiger partial charge on any atom is 0.111 e. The fourth-order valence-electron chi connectivity index (χ4n) is 1.87. The number of ether oxygens (including phenoxy) is 2. The Hall–Kier alpha value is -1.94. The summed E-state index contributed by atoms with van der Waals surface area (Å²) in [6.07, 6.45) is 9.28.